The van der Waals surface area contributed by atoms with E-state index in [0.717, 1.165) is 18.4 Å². The fraction of sp³-hybridized carbons (Fsp3) is 0.667. The third-order valence-corrected chi connectivity index (χ3v) is 5.04. The smallest absolute Gasteiger partial charge is 0.378 e. The SMILES string of the molecule is C=C(C)[C@@H]1CC(C#N)C(C)C(NC(C)c2nc(C(=O)OCC)n[nH]2)C1. The van der Waals surface area contributed by atoms with Crippen LogP contribution in [0.15, 0.2) is 12.2 Å². The molecule has 0 radical (unpaired) electrons. The molecule has 1 saturated carbocycles. The summed E-state index contributed by atoms with van der Waals surface area (Å²) in [5, 5.41) is 19.7. The number of rotatable bonds is 6. The van der Waals surface area contributed by atoms with Crippen LogP contribution in [0, 0.1) is 29.1 Å². The highest BCUT2D eigenvalue weighted by molar-refractivity contribution is 5.84. The molecule has 0 aromatic carbocycles. The number of carbonyl (C=O) groups excluding carboxylic acids is 1. The van der Waals surface area contributed by atoms with Crippen molar-refractivity contribution in [2.45, 2.75) is 52.6 Å². The van der Waals surface area contributed by atoms with E-state index < -0.39 is 5.97 Å². The Bertz CT molecular complexity index is 663. The molecule has 1 heterocycles. The van der Waals surface area contributed by atoms with Gasteiger partial charge < -0.3 is 10.1 Å². The summed E-state index contributed by atoms with van der Waals surface area (Å²) in [6, 6.07) is 2.49. The molecule has 0 spiro atoms. The van der Waals surface area contributed by atoms with E-state index in [1.54, 1.807) is 6.92 Å². The van der Waals surface area contributed by atoms with Gasteiger partial charge in [0.25, 0.3) is 5.82 Å². The minimum absolute atomic E-state index is 0.00460. The highest BCUT2D eigenvalue weighted by Gasteiger charge is 2.36. The van der Waals surface area contributed by atoms with Crippen LogP contribution in [-0.2, 0) is 4.74 Å². The summed E-state index contributed by atoms with van der Waals surface area (Å²) >= 11 is 0. The van der Waals surface area contributed by atoms with E-state index in [1.807, 2.05) is 13.8 Å². The number of esters is 1. The van der Waals surface area contributed by atoms with Gasteiger partial charge in [-0.05, 0) is 45.4 Å². The molecule has 2 N–H and O–H groups in total. The molecule has 1 aliphatic rings. The second-order valence-corrected chi connectivity index (χ2v) is 6.87. The molecule has 0 amide bonds. The predicted octanol–water partition coefficient (Wildman–Crippen LogP) is 2.76. The number of H-pyrrole nitrogens is 1. The van der Waals surface area contributed by atoms with E-state index in [4.69, 9.17) is 4.74 Å². The summed E-state index contributed by atoms with van der Waals surface area (Å²) in [4.78, 5) is 15.9. The molecule has 5 atom stereocenters. The lowest BCUT2D eigenvalue weighted by molar-refractivity contribution is 0.0512. The molecule has 1 fully saturated rings. The first kappa shape index (κ1) is 19.1. The quantitative estimate of drug-likeness (QED) is 0.607. The van der Waals surface area contributed by atoms with Crippen molar-refractivity contribution in [3.05, 3.63) is 23.8 Å². The van der Waals surface area contributed by atoms with Crippen LogP contribution in [0.25, 0.3) is 0 Å². The molecule has 25 heavy (non-hydrogen) atoms. The lowest BCUT2D eigenvalue weighted by Crippen LogP contribution is -2.45. The number of ether oxygens (including phenoxy) is 1. The van der Waals surface area contributed by atoms with Gasteiger partial charge in [-0.3, -0.25) is 5.10 Å². The third-order valence-electron chi connectivity index (χ3n) is 5.04. The fourth-order valence-electron chi connectivity index (χ4n) is 3.37. The van der Waals surface area contributed by atoms with Gasteiger partial charge in [0.2, 0.25) is 0 Å². The normalized spacial score (nSPS) is 27.3. The van der Waals surface area contributed by atoms with Crippen LogP contribution >= 0.6 is 0 Å². The van der Waals surface area contributed by atoms with E-state index in [2.05, 4.69) is 40.1 Å². The fourth-order valence-corrected chi connectivity index (χ4v) is 3.37. The van der Waals surface area contributed by atoms with E-state index in [0.29, 0.717) is 11.7 Å². The summed E-state index contributed by atoms with van der Waals surface area (Å²) < 4.78 is 4.91. The van der Waals surface area contributed by atoms with E-state index in [1.165, 1.54) is 0 Å². The van der Waals surface area contributed by atoms with Crippen LogP contribution in [0.3, 0.4) is 0 Å². The molecular weight excluding hydrogens is 318 g/mol. The Morgan fingerprint density at radius 3 is 2.88 bits per heavy atom. The van der Waals surface area contributed by atoms with E-state index >= 15 is 0 Å². The van der Waals surface area contributed by atoms with Gasteiger partial charge in [0.15, 0.2) is 0 Å². The Morgan fingerprint density at radius 2 is 2.28 bits per heavy atom. The van der Waals surface area contributed by atoms with Crippen molar-refractivity contribution in [1.29, 1.82) is 5.26 Å². The Balaban J connectivity index is 2.07. The van der Waals surface area contributed by atoms with Crippen LogP contribution in [-0.4, -0.2) is 33.8 Å². The van der Waals surface area contributed by atoms with Crippen molar-refractivity contribution < 1.29 is 9.53 Å². The summed E-state index contributed by atoms with van der Waals surface area (Å²) in [6.45, 7) is 12.2. The number of aromatic amines is 1. The minimum Gasteiger partial charge on any atom is -0.460 e. The van der Waals surface area contributed by atoms with E-state index in [9.17, 15) is 10.1 Å². The van der Waals surface area contributed by atoms with Gasteiger partial charge in [-0.25, -0.2) is 9.78 Å². The second-order valence-electron chi connectivity index (χ2n) is 6.87. The summed E-state index contributed by atoms with van der Waals surface area (Å²) in [5.74, 6) is 0.670. The van der Waals surface area contributed by atoms with Crippen LogP contribution in [0.4, 0.5) is 0 Å². The second kappa shape index (κ2) is 8.26. The highest BCUT2D eigenvalue weighted by Crippen LogP contribution is 2.37. The number of allylic oxidation sites excluding steroid dienone is 1. The standard InChI is InChI=1S/C18H27N5O2/c1-6-25-18(24)17-21-16(22-23-17)12(5)20-15-8-13(10(2)3)7-14(9-19)11(15)4/h11-15,20H,2,6-8H2,1,3-5H3,(H,21,22,23)/t11?,12?,13-,14?,15?/m1/s1. The van der Waals surface area contributed by atoms with Crippen LogP contribution in [0.1, 0.15) is 63.0 Å². The maximum absolute atomic E-state index is 11.7. The topological polar surface area (TPSA) is 104 Å². The molecule has 1 aromatic rings. The minimum atomic E-state index is -0.532. The maximum Gasteiger partial charge on any atom is 0.378 e. The van der Waals surface area contributed by atoms with Gasteiger partial charge in [0.05, 0.1) is 24.6 Å². The van der Waals surface area contributed by atoms with Crippen molar-refractivity contribution in [2.24, 2.45) is 17.8 Å². The van der Waals surface area contributed by atoms with Crippen molar-refractivity contribution >= 4 is 5.97 Å². The van der Waals surface area contributed by atoms with Gasteiger partial charge in [0, 0.05) is 6.04 Å². The average Bonchev–Trinajstić information content (AvgIpc) is 3.07. The number of carbonyl (C=O) groups is 1. The third kappa shape index (κ3) is 4.45. The molecule has 4 unspecified atom stereocenters. The molecule has 2 rings (SSSR count). The van der Waals surface area contributed by atoms with Crippen LogP contribution < -0.4 is 5.32 Å². The lowest BCUT2D eigenvalue weighted by atomic mass is 9.70. The van der Waals surface area contributed by atoms with Crippen LogP contribution in [0.5, 0.6) is 0 Å². The first-order valence-electron chi connectivity index (χ1n) is 8.77. The first-order valence-corrected chi connectivity index (χ1v) is 8.77. The molecule has 136 valence electrons. The number of nitrogens with zero attached hydrogens (tertiary/aromatic N) is 3. The van der Waals surface area contributed by atoms with Crippen molar-refractivity contribution in [3.63, 3.8) is 0 Å². The molecule has 7 heteroatoms. The number of hydrogen-bond donors (Lipinski definition) is 2. The Kier molecular flexibility index (Phi) is 6.32. The Morgan fingerprint density at radius 1 is 1.56 bits per heavy atom. The summed E-state index contributed by atoms with van der Waals surface area (Å²) in [6.07, 6.45) is 1.81. The maximum atomic E-state index is 11.7. The van der Waals surface area contributed by atoms with Gasteiger partial charge in [-0.15, -0.1) is 5.10 Å². The lowest BCUT2D eigenvalue weighted by Gasteiger charge is -2.39. The Hall–Kier alpha value is -2.20. The molecule has 1 aromatic heterocycles. The molecule has 1 aliphatic carbocycles. The highest BCUT2D eigenvalue weighted by atomic mass is 16.5. The zero-order valence-corrected chi connectivity index (χ0v) is 15.4. The average molecular weight is 345 g/mol. The molecule has 0 aliphatic heterocycles. The zero-order chi connectivity index (χ0) is 18.6. The van der Waals surface area contributed by atoms with Crippen molar-refractivity contribution in [2.75, 3.05) is 6.61 Å². The predicted molar refractivity (Wildman–Crippen MR) is 93.5 cm³/mol. The number of nitrogens with one attached hydrogen (secondary N) is 2. The van der Waals surface area contributed by atoms with Crippen molar-refractivity contribution in [1.82, 2.24) is 20.5 Å². The van der Waals surface area contributed by atoms with E-state index in [-0.39, 0.29) is 36.4 Å². The van der Waals surface area contributed by atoms with Crippen LogP contribution in [0.2, 0.25) is 0 Å². The number of hydrogen-bond acceptors (Lipinski definition) is 6. The molecule has 0 saturated heterocycles. The van der Waals surface area contributed by atoms with Gasteiger partial charge in [-0.1, -0.05) is 19.1 Å². The molecular formula is C18H27N5O2. The zero-order valence-electron chi connectivity index (χ0n) is 15.4. The Labute approximate surface area is 148 Å². The first-order chi connectivity index (χ1) is 11.9. The monoisotopic (exact) mass is 345 g/mol. The number of nitriles is 1. The van der Waals surface area contributed by atoms with Gasteiger partial charge in [-0.2, -0.15) is 5.26 Å². The summed E-state index contributed by atoms with van der Waals surface area (Å²) in [5.41, 5.74) is 1.12. The molecule has 0 bridgehead atoms. The van der Waals surface area contributed by atoms with Gasteiger partial charge >= 0.3 is 5.97 Å². The number of aromatic nitrogens is 3. The summed E-state index contributed by atoms with van der Waals surface area (Å²) in [7, 11) is 0. The largest absolute Gasteiger partial charge is 0.460 e. The van der Waals surface area contributed by atoms with Crippen molar-refractivity contribution in [3.8, 4) is 6.07 Å². The molecule has 7 nitrogen and oxygen atoms in total. The van der Waals surface area contributed by atoms with Gasteiger partial charge in [0.1, 0.15) is 5.82 Å².